The predicted octanol–water partition coefficient (Wildman–Crippen LogP) is 7.24. The molecule has 0 saturated carbocycles. The average molecular weight is 394 g/mol. The van der Waals surface area contributed by atoms with Crippen molar-refractivity contribution < 1.29 is 30.7 Å². The summed E-state index contributed by atoms with van der Waals surface area (Å²) < 4.78 is 96.4. The summed E-state index contributed by atoms with van der Waals surface area (Å²) in [6.07, 6.45) is -5.59. The molecule has 0 saturated heterocycles. The summed E-state index contributed by atoms with van der Waals surface area (Å²) in [5, 5.41) is 1.52. The summed E-state index contributed by atoms with van der Waals surface area (Å²) in [4.78, 5) is 0. The topological polar surface area (TPSA) is 0 Å². The highest BCUT2D eigenvalue weighted by Crippen LogP contribution is 2.43. The molecule has 0 N–H and O–H groups in total. The van der Waals surface area contributed by atoms with Crippen LogP contribution in [-0.4, -0.2) is 0 Å². The standard InChI is InChI=1S/C21H9F7/c22-17-15(18(23)20(25)16(19(17)24)21(26,27)28)14-12-7-3-1-5-10(12)9-11-6-2-4-8-13(11)14/h1-9H. The Morgan fingerprint density at radius 1 is 0.536 bits per heavy atom. The van der Waals surface area contributed by atoms with Crippen LogP contribution in [0.25, 0.3) is 32.7 Å². The molecule has 4 aromatic carbocycles. The van der Waals surface area contributed by atoms with E-state index in [0.717, 1.165) is 0 Å². The van der Waals surface area contributed by atoms with Crippen LogP contribution in [0.4, 0.5) is 30.7 Å². The Bertz CT molecular complexity index is 1160. The minimum atomic E-state index is -5.59. The van der Waals surface area contributed by atoms with Gasteiger partial charge in [-0.2, -0.15) is 13.2 Å². The summed E-state index contributed by atoms with van der Waals surface area (Å²) in [6.45, 7) is 0. The zero-order chi connectivity index (χ0) is 20.2. The van der Waals surface area contributed by atoms with Crippen molar-refractivity contribution in [3.63, 3.8) is 0 Å². The molecule has 0 aliphatic heterocycles. The van der Waals surface area contributed by atoms with Crippen molar-refractivity contribution in [2.24, 2.45) is 0 Å². The van der Waals surface area contributed by atoms with Crippen molar-refractivity contribution >= 4 is 21.5 Å². The highest BCUT2D eigenvalue weighted by Gasteiger charge is 2.42. The minimum Gasteiger partial charge on any atom is -0.203 e. The quantitative estimate of drug-likeness (QED) is 0.181. The molecule has 0 aliphatic rings. The van der Waals surface area contributed by atoms with Crippen LogP contribution in [0.2, 0.25) is 0 Å². The molecule has 0 heterocycles. The van der Waals surface area contributed by atoms with E-state index in [1.807, 2.05) is 0 Å². The normalized spacial score (nSPS) is 12.1. The molecule has 4 rings (SSSR count). The summed E-state index contributed by atoms with van der Waals surface area (Å²) in [5.74, 6) is -9.13. The molecule has 0 amide bonds. The third kappa shape index (κ3) is 2.61. The maximum Gasteiger partial charge on any atom is 0.422 e. The van der Waals surface area contributed by atoms with Gasteiger partial charge in [0.2, 0.25) is 0 Å². The average Bonchev–Trinajstić information content (AvgIpc) is 2.65. The number of alkyl halides is 3. The third-order valence-corrected chi connectivity index (χ3v) is 4.57. The van der Waals surface area contributed by atoms with Gasteiger partial charge in [-0.3, -0.25) is 0 Å². The van der Waals surface area contributed by atoms with Crippen molar-refractivity contribution in [2.75, 3.05) is 0 Å². The lowest BCUT2D eigenvalue weighted by atomic mass is 9.90. The van der Waals surface area contributed by atoms with Crippen LogP contribution in [0, 0.1) is 23.3 Å². The van der Waals surface area contributed by atoms with Crippen LogP contribution in [-0.2, 0) is 6.18 Å². The van der Waals surface area contributed by atoms with Crippen LogP contribution in [0.3, 0.4) is 0 Å². The van der Waals surface area contributed by atoms with Crippen LogP contribution in [0.1, 0.15) is 5.56 Å². The first-order chi connectivity index (χ1) is 13.2. The zero-order valence-corrected chi connectivity index (χ0v) is 13.8. The molecule has 0 radical (unpaired) electrons. The van der Waals surface area contributed by atoms with E-state index in [1.165, 1.54) is 12.1 Å². The molecule has 0 fully saturated rings. The van der Waals surface area contributed by atoms with Crippen LogP contribution < -0.4 is 0 Å². The fourth-order valence-electron chi connectivity index (χ4n) is 3.38. The highest BCUT2D eigenvalue weighted by atomic mass is 19.4. The first-order valence-corrected chi connectivity index (χ1v) is 8.05. The Labute approximate surface area is 153 Å². The first kappa shape index (κ1) is 18.3. The van der Waals surface area contributed by atoms with E-state index in [0.29, 0.717) is 10.8 Å². The van der Waals surface area contributed by atoms with E-state index in [2.05, 4.69) is 0 Å². The number of halogens is 7. The molecule has 0 nitrogen and oxygen atoms in total. The monoisotopic (exact) mass is 394 g/mol. The Morgan fingerprint density at radius 2 is 0.964 bits per heavy atom. The predicted molar refractivity (Wildman–Crippen MR) is 91.7 cm³/mol. The number of benzene rings is 4. The van der Waals surface area contributed by atoms with E-state index in [4.69, 9.17) is 0 Å². The minimum absolute atomic E-state index is 0.213. The number of fused-ring (bicyclic) bond motifs is 2. The van der Waals surface area contributed by atoms with Crippen molar-refractivity contribution in [1.29, 1.82) is 0 Å². The van der Waals surface area contributed by atoms with Gasteiger partial charge >= 0.3 is 6.18 Å². The fraction of sp³-hybridized carbons (Fsp3) is 0.0476. The van der Waals surface area contributed by atoms with E-state index in [-0.39, 0.29) is 16.3 Å². The Hall–Kier alpha value is -3.09. The summed E-state index contributed by atoms with van der Waals surface area (Å²) in [5.41, 5.74) is -3.97. The third-order valence-electron chi connectivity index (χ3n) is 4.57. The van der Waals surface area contributed by atoms with Gasteiger partial charge < -0.3 is 0 Å². The Balaban J connectivity index is 2.23. The molecule has 0 atom stereocenters. The van der Waals surface area contributed by atoms with Crippen molar-refractivity contribution in [2.45, 2.75) is 6.18 Å². The van der Waals surface area contributed by atoms with Gasteiger partial charge in [0.05, 0.1) is 5.56 Å². The smallest absolute Gasteiger partial charge is 0.203 e. The van der Waals surface area contributed by atoms with Crippen LogP contribution in [0.15, 0.2) is 54.6 Å². The van der Waals surface area contributed by atoms with Crippen molar-refractivity contribution in [3.05, 3.63) is 83.4 Å². The molecular formula is C21H9F7. The van der Waals surface area contributed by atoms with Gasteiger partial charge in [0, 0.05) is 5.56 Å². The molecule has 4 aromatic rings. The molecule has 28 heavy (non-hydrogen) atoms. The summed E-state index contributed by atoms with van der Waals surface area (Å²) in [6, 6.07) is 14.3. The Kier molecular flexibility index (Phi) is 4.06. The molecule has 142 valence electrons. The highest BCUT2D eigenvalue weighted by molar-refractivity contribution is 6.12. The van der Waals surface area contributed by atoms with E-state index >= 15 is 0 Å². The van der Waals surface area contributed by atoms with Gasteiger partial charge in [0.1, 0.15) is 5.56 Å². The second-order valence-electron chi connectivity index (χ2n) is 6.20. The maximum absolute atomic E-state index is 14.7. The molecule has 0 aliphatic carbocycles. The van der Waals surface area contributed by atoms with Gasteiger partial charge in [-0.25, -0.2) is 17.6 Å². The zero-order valence-electron chi connectivity index (χ0n) is 13.8. The van der Waals surface area contributed by atoms with Gasteiger partial charge in [-0.05, 0) is 27.6 Å². The largest absolute Gasteiger partial charge is 0.422 e. The molecule has 0 spiro atoms. The SMILES string of the molecule is Fc1c(F)c(C(F)(F)F)c(F)c(F)c1-c1c2ccccc2cc2ccccc12. The molecule has 0 bridgehead atoms. The number of rotatable bonds is 1. The fourth-order valence-corrected chi connectivity index (χ4v) is 3.38. The molecule has 7 heteroatoms. The second-order valence-corrected chi connectivity index (χ2v) is 6.20. The molecule has 0 unspecified atom stereocenters. The lowest BCUT2D eigenvalue weighted by molar-refractivity contribution is -0.143. The lowest BCUT2D eigenvalue weighted by Gasteiger charge is -2.17. The number of hydrogen-bond acceptors (Lipinski definition) is 0. The van der Waals surface area contributed by atoms with E-state index in [9.17, 15) is 30.7 Å². The van der Waals surface area contributed by atoms with Crippen molar-refractivity contribution in [1.82, 2.24) is 0 Å². The first-order valence-electron chi connectivity index (χ1n) is 8.05. The number of hydrogen-bond donors (Lipinski definition) is 0. The van der Waals surface area contributed by atoms with Gasteiger partial charge in [-0.1, -0.05) is 48.5 Å². The van der Waals surface area contributed by atoms with Crippen molar-refractivity contribution in [3.8, 4) is 11.1 Å². The van der Waals surface area contributed by atoms with Crippen LogP contribution >= 0.6 is 0 Å². The van der Waals surface area contributed by atoms with Gasteiger partial charge in [0.15, 0.2) is 23.3 Å². The molecular weight excluding hydrogens is 385 g/mol. The van der Waals surface area contributed by atoms with Gasteiger partial charge in [0.25, 0.3) is 0 Å². The summed E-state index contributed by atoms with van der Waals surface area (Å²) in [7, 11) is 0. The summed E-state index contributed by atoms with van der Waals surface area (Å²) >= 11 is 0. The lowest BCUT2D eigenvalue weighted by Crippen LogP contribution is -2.16. The molecule has 0 aromatic heterocycles. The Morgan fingerprint density at radius 3 is 1.39 bits per heavy atom. The van der Waals surface area contributed by atoms with E-state index < -0.39 is 40.6 Å². The van der Waals surface area contributed by atoms with E-state index in [1.54, 1.807) is 42.5 Å². The maximum atomic E-state index is 14.7. The van der Waals surface area contributed by atoms with Gasteiger partial charge in [-0.15, -0.1) is 0 Å². The van der Waals surface area contributed by atoms with Crippen LogP contribution in [0.5, 0.6) is 0 Å². The second kappa shape index (κ2) is 6.22.